The van der Waals surface area contributed by atoms with Gasteiger partial charge in [0.1, 0.15) is 11.3 Å². The van der Waals surface area contributed by atoms with Gasteiger partial charge >= 0.3 is 5.69 Å². The second-order valence-electron chi connectivity index (χ2n) is 6.29. The first-order chi connectivity index (χ1) is 13.4. The average molecular weight is 379 g/mol. The predicted molar refractivity (Wildman–Crippen MR) is 108 cm³/mol. The molecule has 1 atom stereocenters. The number of methoxy groups -OCH3 is 1. The van der Waals surface area contributed by atoms with Crippen LogP contribution in [0.2, 0.25) is 0 Å². The Morgan fingerprint density at radius 3 is 2.36 bits per heavy atom. The Bertz CT molecular complexity index is 1110. The van der Waals surface area contributed by atoms with E-state index in [4.69, 9.17) is 4.74 Å². The molecule has 2 N–H and O–H groups in total. The summed E-state index contributed by atoms with van der Waals surface area (Å²) < 4.78 is 6.14. The third-order valence-corrected chi connectivity index (χ3v) is 4.45. The number of hydrogen-bond acceptors (Lipinski definition) is 5. The molecular formula is C21H21N3O4. The molecule has 0 aliphatic heterocycles. The molecule has 1 aromatic heterocycles. The number of aromatic nitrogens is 2. The summed E-state index contributed by atoms with van der Waals surface area (Å²) in [7, 11) is 1.53. The van der Waals surface area contributed by atoms with E-state index in [9.17, 15) is 14.7 Å². The van der Waals surface area contributed by atoms with Crippen LogP contribution in [-0.2, 0) is 0 Å². The highest BCUT2D eigenvalue weighted by Gasteiger charge is 2.18. The van der Waals surface area contributed by atoms with Crippen LogP contribution in [0.25, 0.3) is 5.69 Å². The van der Waals surface area contributed by atoms with Gasteiger partial charge in [-0.25, -0.2) is 9.36 Å². The number of nitrogens with zero attached hydrogens (tertiary/aromatic N) is 2. The monoisotopic (exact) mass is 379 g/mol. The summed E-state index contributed by atoms with van der Waals surface area (Å²) in [6, 6.07) is 15.9. The second-order valence-corrected chi connectivity index (χ2v) is 6.29. The van der Waals surface area contributed by atoms with Gasteiger partial charge in [0, 0.05) is 0 Å². The fourth-order valence-electron chi connectivity index (χ4n) is 2.98. The van der Waals surface area contributed by atoms with Gasteiger partial charge in [0.05, 0.1) is 24.6 Å². The zero-order chi connectivity index (χ0) is 20.3. The van der Waals surface area contributed by atoms with Gasteiger partial charge in [-0.2, -0.15) is 0 Å². The Balaban J connectivity index is 2.10. The van der Waals surface area contributed by atoms with Gasteiger partial charge in [0.2, 0.25) is 5.88 Å². The largest absolute Gasteiger partial charge is 0.497 e. The highest BCUT2D eigenvalue weighted by Crippen LogP contribution is 2.22. The van der Waals surface area contributed by atoms with E-state index in [1.165, 1.54) is 7.11 Å². The predicted octanol–water partition coefficient (Wildman–Crippen LogP) is 2.81. The number of ether oxygens (including phenoxy) is 1. The van der Waals surface area contributed by atoms with E-state index >= 15 is 0 Å². The number of aromatic hydroxyl groups is 1. The minimum Gasteiger partial charge on any atom is -0.497 e. The van der Waals surface area contributed by atoms with Crippen LogP contribution in [0.4, 0.5) is 0 Å². The zero-order valence-corrected chi connectivity index (χ0v) is 15.8. The fourth-order valence-corrected chi connectivity index (χ4v) is 2.98. The number of benzene rings is 2. The van der Waals surface area contributed by atoms with E-state index in [0.717, 1.165) is 10.1 Å². The topological polar surface area (TPSA) is 96.7 Å². The molecule has 28 heavy (non-hydrogen) atoms. The minimum atomic E-state index is -0.736. The number of rotatable bonds is 5. The molecule has 7 heteroatoms. The zero-order valence-electron chi connectivity index (χ0n) is 15.8. The number of aliphatic imine (C=N–C) groups is 1. The van der Waals surface area contributed by atoms with Crippen molar-refractivity contribution in [3.8, 4) is 17.3 Å². The first-order valence-electron chi connectivity index (χ1n) is 8.74. The van der Waals surface area contributed by atoms with Crippen molar-refractivity contribution in [2.45, 2.75) is 19.9 Å². The Labute approximate surface area is 161 Å². The summed E-state index contributed by atoms with van der Waals surface area (Å²) in [5, 5.41) is 10.7. The Hall–Kier alpha value is -3.61. The molecule has 0 aliphatic carbocycles. The van der Waals surface area contributed by atoms with E-state index in [1.807, 2.05) is 37.3 Å². The maximum absolute atomic E-state index is 12.4. The smallest absolute Gasteiger partial charge is 0.335 e. The summed E-state index contributed by atoms with van der Waals surface area (Å²) in [6.07, 6.45) is 0. The van der Waals surface area contributed by atoms with Crippen molar-refractivity contribution in [1.82, 2.24) is 9.55 Å². The molecule has 7 nitrogen and oxygen atoms in total. The van der Waals surface area contributed by atoms with Crippen LogP contribution < -0.4 is 16.0 Å². The van der Waals surface area contributed by atoms with Gasteiger partial charge in [-0.3, -0.25) is 14.8 Å². The Morgan fingerprint density at radius 2 is 1.75 bits per heavy atom. The lowest BCUT2D eigenvalue weighted by molar-refractivity contribution is 0.414. The lowest BCUT2D eigenvalue weighted by Crippen LogP contribution is -2.32. The van der Waals surface area contributed by atoms with E-state index in [1.54, 1.807) is 31.2 Å². The molecule has 0 radical (unpaired) electrons. The fraction of sp³-hybridized carbons (Fsp3) is 0.190. The third-order valence-electron chi connectivity index (χ3n) is 4.45. The van der Waals surface area contributed by atoms with Crippen molar-refractivity contribution in [3.05, 3.63) is 86.6 Å². The summed E-state index contributed by atoms with van der Waals surface area (Å²) in [5.41, 5.74) is 0.232. The normalized spacial score (nSPS) is 12.6. The molecule has 2 aromatic carbocycles. The molecule has 0 saturated carbocycles. The van der Waals surface area contributed by atoms with Gasteiger partial charge < -0.3 is 9.84 Å². The summed E-state index contributed by atoms with van der Waals surface area (Å²) in [6.45, 7) is 3.52. The van der Waals surface area contributed by atoms with Gasteiger partial charge in [-0.1, -0.05) is 30.3 Å². The van der Waals surface area contributed by atoms with Crippen LogP contribution in [0.3, 0.4) is 0 Å². The Morgan fingerprint density at radius 1 is 1.11 bits per heavy atom. The van der Waals surface area contributed by atoms with Crippen LogP contribution in [-0.4, -0.2) is 27.5 Å². The molecule has 0 bridgehead atoms. The van der Waals surface area contributed by atoms with Crippen LogP contribution in [0, 0.1) is 0 Å². The van der Waals surface area contributed by atoms with Crippen molar-refractivity contribution >= 4 is 5.71 Å². The van der Waals surface area contributed by atoms with Gasteiger partial charge in [-0.15, -0.1) is 0 Å². The van der Waals surface area contributed by atoms with E-state index in [0.29, 0.717) is 17.1 Å². The molecule has 3 rings (SSSR count). The number of aromatic amines is 1. The molecule has 0 aliphatic rings. The van der Waals surface area contributed by atoms with Crippen molar-refractivity contribution in [3.63, 3.8) is 0 Å². The maximum Gasteiger partial charge on any atom is 0.335 e. The van der Waals surface area contributed by atoms with E-state index in [-0.39, 0.29) is 11.6 Å². The lowest BCUT2D eigenvalue weighted by atomic mass is 10.1. The van der Waals surface area contributed by atoms with E-state index < -0.39 is 17.1 Å². The van der Waals surface area contributed by atoms with Crippen molar-refractivity contribution in [2.75, 3.05) is 7.11 Å². The van der Waals surface area contributed by atoms with Gasteiger partial charge in [-0.05, 0) is 43.7 Å². The average Bonchev–Trinajstić information content (AvgIpc) is 2.68. The quantitative estimate of drug-likeness (QED) is 0.666. The highest BCUT2D eigenvalue weighted by atomic mass is 16.5. The van der Waals surface area contributed by atoms with Crippen molar-refractivity contribution in [2.24, 2.45) is 4.99 Å². The molecule has 1 heterocycles. The molecule has 0 amide bonds. The molecule has 0 fully saturated rings. The second kappa shape index (κ2) is 7.96. The van der Waals surface area contributed by atoms with Crippen LogP contribution in [0.15, 0.2) is 69.2 Å². The van der Waals surface area contributed by atoms with Gasteiger partial charge in [0.15, 0.2) is 0 Å². The number of hydrogen-bond donors (Lipinski definition) is 2. The lowest BCUT2D eigenvalue weighted by Gasteiger charge is -2.13. The first kappa shape index (κ1) is 19.2. The minimum absolute atomic E-state index is 0.0433. The van der Waals surface area contributed by atoms with Crippen LogP contribution in [0.5, 0.6) is 11.6 Å². The molecule has 0 unspecified atom stereocenters. The molecular weight excluding hydrogens is 358 g/mol. The summed E-state index contributed by atoms with van der Waals surface area (Å²) in [5.74, 6) is 0.149. The Kier molecular flexibility index (Phi) is 5.44. The SMILES string of the molecule is COc1ccc(-n2c(O)c(C(C)=N[C@@H](C)c3ccccc3)c(=O)[nH]c2=O)cc1. The number of H-pyrrole nitrogens is 1. The van der Waals surface area contributed by atoms with Crippen molar-refractivity contribution in [1.29, 1.82) is 0 Å². The first-order valence-corrected chi connectivity index (χ1v) is 8.74. The molecule has 0 spiro atoms. The van der Waals surface area contributed by atoms with Crippen LogP contribution >= 0.6 is 0 Å². The summed E-state index contributed by atoms with van der Waals surface area (Å²) >= 11 is 0. The maximum atomic E-state index is 12.4. The van der Waals surface area contributed by atoms with Crippen molar-refractivity contribution < 1.29 is 9.84 Å². The highest BCUT2D eigenvalue weighted by molar-refractivity contribution is 6.00. The molecule has 3 aromatic rings. The third kappa shape index (κ3) is 3.73. The molecule has 0 saturated heterocycles. The summed E-state index contributed by atoms with van der Waals surface area (Å²) in [4.78, 5) is 31.5. The number of nitrogens with one attached hydrogen (secondary N) is 1. The van der Waals surface area contributed by atoms with Crippen LogP contribution in [0.1, 0.15) is 31.0 Å². The molecule has 144 valence electrons. The standard InChI is InChI=1S/C21H21N3O4/c1-13(15-7-5-4-6-8-15)22-14(2)18-19(25)23-21(27)24(20(18)26)16-9-11-17(28-3)12-10-16/h4-13,26H,1-3H3,(H,23,25,27)/t13-/m0/s1. The van der Waals surface area contributed by atoms with Gasteiger partial charge in [0.25, 0.3) is 5.56 Å². The van der Waals surface area contributed by atoms with E-state index in [2.05, 4.69) is 9.98 Å².